The van der Waals surface area contributed by atoms with E-state index in [4.69, 9.17) is 14.3 Å². The molecule has 2 aromatic carbocycles. The Morgan fingerprint density at radius 1 is 1.00 bits per heavy atom. The number of nitrogens with one attached hydrogen (secondary N) is 1. The molecule has 3 heterocycles. The van der Waals surface area contributed by atoms with E-state index in [2.05, 4.69) is 15.3 Å². The number of anilines is 2. The fraction of sp³-hybridized carbons (Fsp3) is 0.125. The molecule has 0 atom stereocenters. The molecule has 0 aliphatic carbocycles. The quantitative estimate of drug-likeness (QED) is 0.415. The Labute approximate surface area is 179 Å². The molecule has 0 aliphatic heterocycles. The molecule has 3 aromatic heterocycles. The minimum Gasteiger partial charge on any atom is -0.497 e. The zero-order chi connectivity index (χ0) is 21.4. The lowest BCUT2D eigenvalue weighted by atomic mass is 10.1. The number of nitrogens with zero attached hydrogens (tertiary/aromatic N) is 4. The van der Waals surface area contributed by atoms with Crippen LogP contribution in [0.3, 0.4) is 0 Å². The van der Waals surface area contributed by atoms with Crippen LogP contribution in [0.4, 0.5) is 11.5 Å². The molecule has 1 N–H and O–H groups in total. The number of methoxy groups -OCH3 is 1. The van der Waals surface area contributed by atoms with Crippen LogP contribution in [0.15, 0.2) is 71.4 Å². The number of oxazole rings is 1. The normalized spacial score (nSPS) is 11.1. The average Bonchev–Trinajstić information content (AvgIpc) is 3.38. The molecular weight excluding hydrogens is 390 g/mol. The van der Waals surface area contributed by atoms with Crippen LogP contribution in [-0.2, 0) is 0 Å². The number of benzene rings is 2. The maximum Gasteiger partial charge on any atom is 0.191 e. The molecule has 0 aliphatic rings. The van der Waals surface area contributed by atoms with Crippen molar-refractivity contribution in [3.8, 4) is 22.8 Å². The van der Waals surface area contributed by atoms with E-state index >= 15 is 0 Å². The summed E-state index contributed by atoms with van der Waals surface area (Å²) in [4.78, 5) is 8.68. The van der Waals surface area contributed by atoms with Crippen molar-refractivity contribution in [1.29, 1.82) is 0 Å². The second-order valence-electron chi connectivity index (χ2n) is 7.20. The van der Waals surface area contributed by atoms with Crippen LogP contribution in [0.2, 0.25) is 0 Å². The first kappa shape index (κ1) is 18.9. The highest BCUT2D eigenvalue weighted by atomic mass is 16.5. The van der Waals surface area contributed by atoms with Crippen molar-refractivity contribution < 1.29 is 9.15 Å². The van der Waals surface area contributed by atoms with Gasteiger partial charge in [0.05, 0.1) is 19.0 Å². The second kappa shape index (κ2) is 7.60. The van der Waals surface area contributed by atoms with E-state index in [9.17, 15) is 0 Å². The molecule has 31 heavy (non-hydrogen) atoms. The highest BCUT2D eigenvalue weighted by molar-refractivity contribution is 5.92. The van der Waals surface area contributed by atoms with Crippen LogP contribution >= 0.6 is 0 Å². The molecule has 0 radical (unpaired) electrons. The maximum absolute atomic E-state index is 5.59. The Morgan fingerprint density at radius 3 is 2.58 bits per heavy atom. The SMILES string of the molecule is COc1cccc(-n2nc3c(Nc4ccc(-c5cnc(C)o5)cc4)nccc3c2C)c1. The fourth-order valence-electron chi connectivity index (χ4n) is 3.57. The van der Waals surface area contributed by atoms with Crippen LogP contribution in [0.1, 0.15) is 11.6 Å². The summed E-state index contributed by atoms with van der Waals surface area (Å²) >= 11 is 0. The van der Waals surface area contributed by atoms with E-state index in [1.165, 1.54) is 0 Å². The third kappa shape index (κ3) is 3.50. The van der Waals surface area contributed by atoms with Gasteiger partial charge in [-0.05, 0) is 49.4 Å². The summed E-state index contributed by atoms with van der Waals surface area (Å²) in [6.07, 6.45) is 3.52. The minimum atomic E-state index is 0.648. The van der Waals surface area contributed by atoms with Crippen LogP contribution in [0, 0.1) is 13.8 Å². The van der Waals surface area contributed by atoms with Gasteiger partial charge in [0.1, 0.15) is 11.3 Å². The third-order valence-corrected chi connectivity index (χ3v) is 5.18. The van der Waals surface area contributed by atoms with Gasteiger partial charge in [-0.25, -0.2) is 14.6 Å². The Hall–Kier alpha value is -4.13. The highest BCUT2D eigenvalue weighted by Gasteiger charge is 2.14. The molecule has 5 aromatic rings. The van der Waals surface area contributed by atoms with Gasteiger partial charge in [0, 0.05) is 41.5 Å². The summed E-state index contributed by atoms with van der Waals surface area (Å²) in [7, 11) is 1.66. The Morgan fingerprint density at radius 2 is 1.84 bits per heavy atom. The predicted molar refractivity (Wildman–Crippen MR) is 120 cm³/mol. The summed E-state index contributed by atoms with van der Waals surface area (Å²) in [5.74, 6) is 2.88. The van der Waals surface area contributed by atoms with Crippen molar-refractivity contribution in [3.63, 3.8) is 0 Å². The van der Waals surface area contributed by atoms with Crippen molar-refractivity contribution in [3.05, 3.63) is 78.6 Å². The first-order chi connectivity index (χ1) is 15.1. The number of hydrogen-bond acceptors (Lipinski definition) is 6. The second-order valence-corrected chi connectivity index (χ2v) is 7.20. The first-order valence-electron chi connectivity index (χ1n) is 9.91. The van der Waals surface area contributed by atoms with Gasteiger partial charge in [0.25, 0.3) is 0 Å². The molecule has 0 amide bonds. The summed E-state index contributed by atoms with van der Waals surface area (Å²) in [5, 5.41) is 9.26. The Bertz CT molecular complexity index is 1370. The molecule has 7 nitrogen and oxygen atoms in total. The van der Waals surface area contributed by atoms with Gasteiger partial charge in [-0.1, -0.05) is 6.07 Å². The third-order valence-electron chi connectivity index (χ3n) is 5.18. The van der Waals surface area contributed by atoms with Gasteiger partial charge in [-0.15, -0.1) is 0 Å². The average molecular weight is 411 g/mol. The Balaban J connectivity index is 1.49. The van der Waals surface area contributed by atoms with E-state index < -0.39 is 0 Å². The molecule has 0 spiro atoms. The summed E-state index contributed by atoms with van der Waals surface area (Å²) in [6.45, 7) is 3.88. The van der Waals surface area contributed by atoms with Crippen LogP contribution in [-0.4, -0.2) is 26.9 Å². The van der Waals surface area contributed by atoms with E-state index in [1.807, 2.05) is 73.1 Å². The van der Waals surface area contributed by atoms with Crippen molar-refractivity contribution in [2.24, 2.45) is 0 Å². The molecule has 7 heteroatoms. The van der Waals surface area contributed by atoms with E-state index in [1.54, 1.807) is 19.5 Å². The lowest BCUT2D eigenvalue weighted by molar-refractivity contribution is 0.414. The van der Waals surface area contributed by atoms with Crippen LogP contribution < -0.4 is 10.1 Å². The van der Waals surface area contributed by atoms with Gasteiger partial charge in [0.2, 0.25) is 0 Å². The molecule has 0 fully saturated rings. The Kier molecular flexibility index (Phi) is 4.63. The predicted octanol–water partition coefficient (Wildman–Crippen LogP) is 5.44. The number of fused-ring (bicyclic) bond motifs is 1. The maximum atomic E-state index is 5.59. The lowest BCUT2D eigenvalue weighted by Crippen LogP contribution is -1.99. The van der Waals surface area contributed by atoms with Crippen LogP contribution in [0.5, 0.6) is 5.75 Å². The van der Waals surface area contributed by atoms with Crippen molar-refractivity contribution >= 4 is 22.4 Å². The van der Waals surface area contributed by atoms with Gasteiger partial charge < -0.3 is 14.5 Å². The number of aromatic nitrogens is 4. The standard InChI is InChI=1S/C24H21N5O2/c1-15-21-11-12-25-24(23(21)28-29(15)19-5-4-6-20(13-19)30-3)27-18-9-7-17(8-10-18)22-14-26-16(2)31-22/h4-14H,1-3H3,(H,25,27). The first-order valence-corrected chi connectivity index (χ1v) is 9.91. The lowest BCUT2D eigenvalue weighted by Gasteiger charge is -2.07. The minimum absolute atomic E-state index is 0.648. The highest BCUT2D eigenvalue weighted by Crippen LogP contribution is 2.29. The molecule has 154 valence electrons. The van der Waals surface area contributed by atoms with E-state index in [-0.39, 0.29) is 0 Å². The summed E-state index contributed by atoms with van der Waals surface area (Å²) < 4.78 is 12.9. The largest absolute Gasteiger partial charge is 0.497 e. The topological polar surface area (TPSA) is 78.0 Å². The van der Waals surface area contributed by atoms with Crippen molar-refractivity contribution in [2.75, 3.05) is 12.4 Å². The number of pyridine rings is 1. The number of ether oxygens (including phenoxy) is 1. The molecular formula is C24H21N5O2. The number of aryl methyl sites for hydroxylation is 2. The van der Waals surface area contributed by atoms with Gasteiger partial charge in [-0.3, -0.25) is 0 Å². The van der Waals surface area contributed by atoms with Gasteiger partial charge >= 0.3 is 0 Å². The molecule has 0 bridgehead atoms. The monoisotopic (exact) mass is 411 g/mol. The fourth-order valence-corrected chi connectivity index (χ4v) is 3.57. The van der Waals surface area contributed by atoms with Crippen molar-refractivity contribution in [1.82, 2.24) is 19.7 Å². The summed E-state index contributed by atoms with van der Waals surface area (Å²) in [5.41, 5.74) is 4.65. The zero-order valence-corrected chi connectivity index (χ0v) is 17.5. The number of rotatable bonds is 5. The summed E-state index contributed by atoms with van der Waals surface area (Å²) in [6, 6.07) is 17.8. The van der Waals surface area contributed by atoms with E-state index in [0.717, 1.165) is 45.0 Å². The number of hydrogen-bond donors (Lipinski definition) is 1. The molecule has 0 saturated heterocycles. The molecule has 5 rings (SSSR count). The van der Waals surface area contributed by atoms with Crippen molar-refractivity contribution in [2.45, 2.75) is 13.8 Å². The zero-order valence-electron chi connectivity index (χ0n) is 17.5. The van der Waals surface area contributed by atoms with E-state index in [0.29, 0.717) is 11.7 Å². The molecule has 0 saturated carbocycles. The smallest absolute Gasteiger partial charge is 0.191 e. The van der Waals surface area contributed by atoms with Gasteiger partial charge in [-0.2, -0.15) is 5.10 Å². The van der Waals surface area contributed by atoms with Gasteiger partial charge in [0.15, 0.2) is 17.5 Å². The van der Waals surface area contributed by atoms with Crippen LogP contribution in [0.25, 0.3) is 27.9 Å². The molecule has 0 unspecified atom stereocenters.